The average molecular weight is 220 g/mol. The molecule has 0 saturated heterocycles. The molecule has 1 unspecified atom stereocenters. The fourth-order valence-electron chi connectivity index (χ4n) is 1.66. The zero-order chi connectivity index (χ0) is 12.2. The first kappa shape index (κ1) is 13.1. The summed E-state index contributed by atoms with van der Waals surface area (Å²) in [5.41, 5.74) is 1.68. The first-order valence-corrected chi connectivity index (χ1v) is 6.16. The molecule has 0 fully saturated rings. The van der Waals surface area contributed by atoms with Crippen LogP contribution in [0.4, 0.5) is 0 Å². The zero-order valence-electron chi connectivity index (χ0n) is 11.2. The molecule has 90 valence electrons. The standard InChI is InChI=1S/C15H24O/c1-6-12(2)16-14-9-7-8-13(10-14)11-15(3,4)5/h7-10,12H,6,11H2,1-5H3. The molecule has 0 aliphatic rings. The summed E-state index contributed by atoms with van der Waals surface area (Å²) in [7, 11) is 0. The fraction of sp³-hybridized carbons (Fsp3) is 0.600. The summed E-state index contributed by atoms with van der Waals surface area (Å²) >= 11 is 0. The van der Waals surface area contributed by atoms with E-state index >= 15 is 0 Å². The monoisotopic (exact) mass is 220 g/mol. The molecule has 0 aromatic heterocycles. The lowest BCUT2D eigenvalue weighted by molar-refractivity contribution is 0.217. The molecule has 1 aromatic carbocycles. The SMILES string of the molecule is CCC(C)Oc1cccc(CC(C)(C)C)c1. The Labute approximate surface area is 99.8 Å². The summed E-state index contributed by atoms with van der Waals surface area (Å²) < 4.78 is 5.82. The third-order valence-corrected chi connectivity index (χ3v) is 2.55. The quantitative estimate of drug-likeness (QED) is 0.728. The molecule has 0 spiro atoms. The number of hydrogen-bond acceptors (Lipinski definition) is 1. The topological polar surface area (TPSA) is 9.23 Å². The van der Waals surface area contributed by atoms with Crippen LogP contribution in [0.5, 0.6) is 5.75 Å². The van der Waals surface area contributed by atoms with Crippen LogP contribution in [0.15, 0.2) is 24.3 Å². The van der Waals surface area contributed by atoms with Crippen LogP contribution >= 0.6 is 0 Å². The number of ether oxygens (including phenoxy) is 1. The molecule has 1 atom stereocenters. The Bertz CT molecular complexity index is 322. The van der Waals surface area contributed by atoms with Crippen LogP contribution in [-0.2, 0) is 6.42 Å². The van der Waals surface area contributed by atoms with E-state index in [0.717, 1.165) is 18.6 Å². The lowest BCUT2D eigenvalue weighted by atomic mass is 9.88. The Balaban J connectivity index is 2.71. The molecule has 0 aliphatic heterocycles. The van der Waals surface area contributed by atoms with Crippen molar-refractivity contribution in [3.05, 3.63) is 29.8 Å². The maximum Gasteiger partial charge on any atom is 0.119 e. The lowest BCUT2D eigenvalue weighted by Gasteiger charge is -2.19. The van der Waals surface area contributed by atoms with Gasteiger partial charge in [-0.15, -0.1) is 0 Å². The van der Waals surface area contributed by atoms with Crippen molar-refractivity contribution in [2.24, 2.45) is 5.41 Å². The number of hydrogen-bond donors (Lipinski definition) is 0. The van der Waals surface area contributed by atoms with E-state index in [1.54, 1.807) is 0 Å². The molecule has 0 bridgehead atoms. The van der Waals surface area contributed by atoms with Crippen molar-refractivity contribution >= 4 is 0 Å². The summed E-state index contributed by atoms with van der Waals surface area (Å²) in [5, 5.41) is 0. The van der Waals surface area contributed by atoms with E-state index in [-0.39, 0.29) is 0 Å². The van der Waals surface area contributed by atoms with E-state index in [0.29, 0.717) is 11.5 Å². The highest BCUT2D eigenvalue weighted by Crippen LogP contribution is 2.23. The minimum absolute atomic E-state index is 0.296. The van der Waals surface area contributed by atoms with Gasteiger partial charge in [-0.05, 0) is 42.9 Å². The van der Waals surface area contributed by atoms with Gasteiger partial charge in [0.1, 0.15) is 5.75 Å². The van der Waals surface area contributed by atoms with Crippen molar-refractivity contribution in [2.45, 2.75) is 53.6 Å². The summed E-state index contributed by atoms with van der Waals surface area (Å²) in [6, 6.07) is 8.46. The van der Waals surface area contributed by atoms with Crippen LogP contribution in [0.3, 0.4) is 0 Å². The van der Waals surface area contributed by atoms with Crippen molar-refractivity contribution < 1.29 is 4.74 Å². The Morgan fingerprint density at radius 3 is 2.50 bits per heavy atom. The van der Waals surface area contributed by atoms with Gasteiger partial charge in [0.2, 0.25) is 0 Å². The van der Waals surface area contributed by atoms with Crippen molar-refractivity contribution in [1.82, 2.24) is 0 Å². The predicted molar refractivity (Wildman–Crippen MR) is 70.0 cm³/mol. The Morgan fingerprint density at radius 1 is 1.25 bits per heavy atom. The fourth-order valence-corrected chi connectivity index (χ4v) is 1.66. The van der Waals surface area contributed by atoms with Gasteiger partial charge >= 0.3 is 0 Å². The molecule has 0 radical (unpaired) electrons. The second-order valence-electron chi connectivity index (χ2n) is 5.72. The van der Waals surface area contributed by atoms with Crippen LogP contribution in [0.1, 0.15) is 46.6 Å². The van der Waals surface area contributed by atoms with Gasteiger partial charge in [0.05, 0.1) is 6.10 Å². The van der Waals surface area contributed by atoms with Gasteiger partial charge in [-0.1, -0.05) is 39.8 Å². The molecule has 0 saturated carbocycles. The first-order valence-electron chi connectivity index (χ1n) is 6.16. The van der Waals surface area contributed by atoms with Gasteiger partial charge in [0, 0.05) is 0 Å². The zero-order valence-corrected chi connectivity index (χ0v) is 11.2. The molecule has 1 rings (SSSR count). The van der Waals surface area contributed by atoms with Crippen molar-refractivity contribution in [2.75, 3.05) is 0 Å². The van der Waals surface area contributed by atoms with Crippen molar-refractivity contribution in [3.8, 4) is 5.75 Å². The van der Waals surface area contributed by atoms with Gasteiger partial charge in [-0.2, -0.15) is 0 Å². The minimum Gasteiger partial charge on any atom is -0.491 e. The van der Waals surface area contributed by atoms with Gasteiger partial charge in [-0.3, -0.25) is 0 Å². The Hall–Kier alpha value is -0.980. The van der Waals surface area contributed by atoms with E-state index in [1.807, 2.05) is 6.07 Å². The molecule has 16 heavy (non-hydrogen) atoms. The maximum atomic E-state index is 5.82. The molecular weight excluding hydrogens is 196 g/mol. The van der Waals surface area contributed by atoms with Gasteiger partial charge < -0.3 is 4.74 Å². The van der Waals surface area contributed by atoms with E-state index < -0.39 is 0 Å². The highest BCUT2D eigenvalue weighted by atomic mass is 16.5. The van der Waals surface area contributed by atoms with Crippen LogP contribution in [-0.4, -0.2) is 6.10 Å². The van der Waals surface area contributed by atoms with Crippen LogP contribution in [0.2, 0.25) is 0 Å². The molecule has 1 heteroatoms. The second kappa shape index (κ2) is 5.38. The third kappa shape index (κ3) is 4.69. The number of benzene rings is 1. The van der Waals surface area contributed by atoms with E-state index in [9.17, 15) is 0 Å². The van der Waals surface area contributed by atoms with Gasteiger partial charge in [0.15, 0.2) is 0 Å². The van der Waals surface area contributed by atoms with Crippen molar-refractivity contribution in [1.29, 1.82) is 0 Å². The van der Waals surface area contributed by atoms with Gasteiger partial charge in [-0.25, -0.2) is 0 Å². The van der Waals surface area contributed by atoms with Crippen LogP contribution in [0.25, 0.3) is 0 Å². The second-order valence-corrected chi connectivity index (χ2v) is 5.72. The summed E-state index contributed by atoms with van der Waals surface area (Å²) in [4.78, 5) is 0. The predicted octanol–water partition coefficient (Wildman–Crippen LogP) is 4.45. The van der Waals surface area contributed by atoms with E-state index in [1.165, 1.54) is 5.56 Å². The van der Waals surface area contributed by atoms with Gasteiger partial charge in [0.25, 0.3) is 0 Å². The lowest BCUT2D eigenvalue weighted by Crippen LogP contribution is -2.11. The summed E-state index contributed by atoms with van der Waals surface area (Å²) in [6.07, 6.45) is 2.43. The van der Waals surface area contributed by atoms with Crippen LogP contribution < -0.4 is 4.74 Å². The number of rotatable bonds is 4. The molecular formula is C15H24O. The Morgan fingerprint density at radius 2 is 1.94 bits per heavy atom. The minimum atomic E-state index is 0.296. The molecule has 0 heterocycles. The van der Waals surface area contributed by atoms with Crippen LogP contribution in [0, 0.1) is 5.41 Å². The van der Waals surface area contributed by atoms with E-state index in [2.05, 4.69) is 52.8 Å². The normalized spacial score (nSPS) is 13.6. The summed E-state index contributed by atoms with van der Waals surface area (Å²) in [5.74, 6) is 0.996. The molecule has 1 aromatic rings. The Kier molecular flexibility index (Phi) is 4.40. The molecule has 0 amide bonds. The third-order valence-electron chi connectivity index (χ3n) is 2.55. The molecule has 0 aliphatic carbocycles. The average Bonchev–Trinajstić information content (AvgIpc) is 2.15. The van der Waals surface area contributed by atoms with Crippen molar-refractivity contribution in [3.63, 3.8) is 0 Å². The highest BCUT2D eigenvalue weighted by Gasteiger charge is 2.11. The smallest absolute Gasteiger partial charge is 0.119 e. The molecule has 0 N–H and O–H groups in total. The maximum absolute atomic E-state index is 5.82. The summed E-state index contributed by atoms with van der Waals surface area (Å²) in [6.45, 7) is 11.0. The highest BCUT2D eigenvalue weighted by molar-refractivity contribution is 5.29. The first-order chi connectivity index (χ1) is 7.40. The largest absolute Gasteiger partial charge is 0.491 e. The molecule has 1 nitrogen and oxygen atoms in total. The van der Waals surface area contributed by atoms with E-state index in [4.69, 9.17) is 4.74 Å².